The van der Waals surface area contributed by atoms with Gasteiger partial charge in [-0.1, -0.05) is 58.5 Å². The number of carbonyl (C=O) groups excluding carboxylic acids is 2. The first kappa shape index (κ1) is 22.8. The van der Waals surface area contributed by atoms with Crippen LogP contribution in [-0.4, -0.2) is 29.3 Å². The molecule has 150 valence electrons. The van der Waals surface area contributed by atoms with Gasteiger partial charge in [-0.2, -0.15) is 0 Å². The summed E-state index contributed by atoms with van der Waals surface area (Å²) in [5.74, 6) is -0.503. The maximum Gasteiger partial charge on any atom is 0.242 e. The summed E-state index contributed by atoms with van der Waals surface area (Å²) in [5, 5.41) is 4.55. The standard InChI is InChI=1S/C20H20Cl4N2O2/c1-3-25-20(28)12(2)26(11-14-5-7-16(22)10-18(14)24)19(27)8-13-4-6-15(21)9-17(13)23/h4-7,9-10,12H,3,8,11H2,1-2H3,(H,25,28)/t12-/m1/s1. The van der Waals surface area contributed by atoms with E-state index < -0.39 is 6.04 Å². The number of rotatable bonds is 7. The fraction of sp³-hybridized carbons (Fsp3) is 0.300. The maximum atomic E-state index is 13.1. The molecule has 0 aliphatic rings. The Morgan fingerprint density at radius 3 is 2.00 bits per heavy atom. The average Bonchev–Trinajstić information content (AvgIpc) is 2.63. The monoisotopic (exact) mass is 460 g/mol. The lowest BCUT2D eigenvalue weighted by Gasteiger charge is -2.29. The SMILES string of the molecule is CCNC(=O)[C@@H](C)N(Cc1ccc(Cl)cc1Cl)C(=O)Cc1ccc(Cl)cc1Cl. The van der Waals surface area contributed by atoms with E-state index in [9.17, 15) is 9.59 Å². The lowest BCUT2D eigenvalue weighted by Crippen LogP contribution is -2.48. The van der Waals surface area contributed by atoms with Crippen LogP contribution in [0.4, 0.5) is 0 Å². The van der Waals surface area contributed by atoms with Gasteiger partial charge >= 0.3 is 0 Å². The van der Waals surface area contributed by atoms with Crippen LogP contribution in [0.25, 0.3) is 0 Å². The first-order valence-electron chi connectivity index (χ1n) is 8.68. The van der Waals surface area contributed by atoms with Crippen LogP contribution in [-0.2, 0) is 22.6 Å². The lowest BCUT2D eigenvalue weighted by molar-refractivity contribution is -0.140. The van der Waals surface area contributed by atoms with Crippen molar-refractivity contribution in [3.63, 3.8) is 0 Å². The zero-order chi connectivity index (χ0) is 20.8. The topological polar surface area (TPSA) is 49.4 Å². The minimum atomic E-state index is -0.690. The minimum absolute atomic E-state index is 0.0327. The van der Waals surface area contributed by atoms with Gasteiger partial charge in [0.2, 0.25) is 11.8 Å². The van der Waals surface area contributed by atoms with Gasteiger partial charge in [0.05, 0.1) is 6.42 Å². The molecular formula is C20H20Cl4N2O2. The number of carbonyl (C=O) groups is 2. The van der Waals surface area contributed by atoms with Crippen LogP contribution >= 0.6 is 46.4 Å². The summed E-state index contributed by atoms with van der Waals surface area (Å²) in [6.45, 7) is 4.13. The van der Waals surface area contributed by atoms with Gasteiger partial charge in [-0.05, 0) is 49.2 Å². The summed E-state index contributed by atoms with van der Waals surface area (Å²) in [6.07, 6.45) is 0.0327. The van der Waals surface area contributed by atoms with Crippen LogP contribution in [0.1, 0.15) is 25.0 Å². The molecule has 0 saturated heterocycles. The number of nitrogens with zero attached hydrogens (tertiary/aromatic N) is 1. The number of benzene rings is 2. The maximum absolute atomic E-state index is 13.1. The van der Waals surface area contributed by atoms with E-state index in [0.717, 1.165) is 0 Å². The Balaban J connectivity index is 2.30. The van der Waals surface area contributed by atoms with Crippen molar-refractivity contribution < 1.29 is 9.59 Å². The highest BCUT2D eigenvalue weighted by Gasteiger charge is 2.27. The molecule has 2 aromatic rings. The third-order valence-corrected chi connectivity index (χ3v) is 5.40. The fourth-order valence-electron chi connectivity index (χ4n) is 2.67. The van der Waals surface area contributed by atoms with Crippen molar-refractivity contribution >= 4 is 58.2 Å². The number of amides is 2. The molecule has 0 aliphatic heterocycles. The van der Waals surface area contributed by atoms with Crippen molar-refractivity contribution in [2.45, 2.75) is 32.9 Å². The molecule has 0 spiro atoms. The van der Waals surface area contributed by atoms with Crippen molar-refractivity contribution in [3.05, 3.63) is 67.6 Å². The molecule has 2 amide bonds. The second-order valence-electron chi connectivity index (χ2n) is 6.24. The zero-order valence-electron chi connectivity index (χ0n) is 15.4. The Morgan fingerprint density at radius 1 is 0.964 bits per heavy atom. The van der Waals surface area contributed by atoms with Gasteiger partial charge in [0.1, 0.15) is 6.04 Å². The molecule has 28 heavy (non-hydrogen) atoms. The smallest absolute Gasteiger partial charge is 0.242 e. The minimum Gasteiger partial charge on any atom is -0.355 e. The molecule has 0 aliphatic carbocycles. The van der Waals surface area contributed by atoms with Gasteiger partial charge in [-0.3, -0.25) is 9.59 Å². The largest absolute Gasteiger partial charge is 0.355 e. The summed E-state index contributed by atoms with van der Waals surface area (Å²) in [6, 6.07) is 9.30. The molecule has 0 saturated carbocycles. The van der Waals surface area contributed by atoms with E-state index in [-0.39, 0.29) is 24.8 Å². The molecule has 8 heteroatoms. The summed E-state index contributed by atoms with van der Waals surface area (Å²) in [5.41, 5.74) is 1.32. The fourth-order valence-corrected chi connectivity index (χ4v) is 3.61. The highest BCUT2D eigenvalue weighted by Crippen LogP contribution is 2.25. The van der Waals surface area contributed by atoms with Gasteiger partial charge in [-0.15, -0.1) is 0 Å². The van der Waals surface area contributed by atoms with Crippen molar-refractivity contribution in [2.75, 3.05) is 6.54 Å². The first-order valence-corrected chi connectivity index (χ1v) is 10.2. The summed E-state index contributed by atoms with van der Waals surface area (Å²) >= 11 is 24.3. The van der Waals surface area contributed by atoms with Crippen LogP contribution in [0.5, 0.6) is 0 Å². The molecule has 0 aromatic heterocycles. The van der Waals surface area contributed by atoms with E-state index in [4.69, 9.17) is 46.4 Å². The Kier molecular flexibility index (Phi) is 8.44. The van der Waals surface area contributed by atoms with Gasteiger partial charge in [0.15, 0.2) is 0 Å². The van der Waals surface area contributed by atoms with Crippen LogP contribution in [0.15, 0.2) is 36.4 Å². The van der Waals surface area contributed by atoms with E-state index in [2.05, 4.69) is 5.32 Å². The van der Waals surface area contributed by atoms with E-state index in [1.807, 2.05) is 6.92 Å². The predicted octanol–water partition coefficient (Wildman–Crippen LogP) is 5.40. The third-order valence-electron chi connectivity index (χ3n) is 4.23. The Hall–Kier alpha value is -1.46. The summed E-state index contributed by atoms with van der Waals surface area (Å²) in [7, 11) is 0. The average molecular weight is 462 g/mol. The Bertz CT molecular complexity index is 873. The van der Waals surface area contributed by atoms with Crippen molar-refractivity contribution in [1.29, 1.82) is 0 Å². The van der Waals surface area contributed by atoms with E-state index >= 15 is 0 Å². The van der Waals surface area contributed by atoms with Gasteiger partial charge in [0.25, 0.3) is 0 Å². The second kappa shape index (κ2) is 10.4. The first-order chi connectivity index (χ1) is 13.2. The molecule has 0 heterocycles. The van der Waals surface area contributed by atoms with Crippen molar-refractivity contribution in [2.24, 2.45) is 0 Å². The number of likely N-dealkylation sites (N-methyl/N-ethyl adjacent to an activating group) is 1. The summed E-state index contributed by atoms with van der Waals surface area (Å²) < 4.78 is 0. The van der Waals surface area contributed by atoms with Gasteiger partial charge in [0, 0.05) is 33.2 Å². The van der Waals surface area contributed by atoms with E-state index in [1.54, 1.807) is 43.3 Å². The van der Waals surface area contributed by atoms with Gasteiger partial charge in [-0.25, -0.2) is 0 Å². The molecule has 0 radical (unpaired) electrons. The molecule has 2 rings (SSSR count). The number of halogens is 4. The van der Waals surface area contributed by atoms with E-state index in [1.165, 1.54) is 4.90 Å². The van der Waals surface area contributed by atoms with Crippen LogP contribution in [0.3, 0.4) is 0 Å². The molecule has 2 aromatic carbocycles. The molecule has 0 fully saturated rings. The quantitative estimate of drug-likeness (QED) is 0.600. The Labute approximate surface area is 184 Å². The number of hydrogen-bond donors (Lipinski definition) is 1. The number of nitrogens with one attached hydrogen (secondary N) is 1. The molecule has 1 atom stereocenters. The second-order valence-corrected chi connectivity index (χ2v) is 7.93. The van der Waals surface area contributed by atoms with Crippen LogP contribution in [0, 0.1) is 0 Å². The molecule has 1 N–H and O–H groups in total. The highest BCUT2D eigenvalue weighted by molar-refractivity contribution is 6.35. The highest BCUT2D eigenvalue weighted by atomic mass is 35.5. The van der Waals surface area contributed by atoms with E-state index in [0.29, 0.717) is 37.8 Å². The molecular weight excluding hydrogens is 442 g/mol. The van der Waals surface area contributed by atoms with Gasteiger partial charge < -0.3 is 10.2 Å². The predicted molar refractivity (Wildman–Crippen MR) is 115 cm³/mol. The van der Waals surface area contributed by atoms with Crippen molar-refractivity contribution in [3.8, 4) is 0 Å². The number of hydrogen-bond acceptors (Lipinski definition) is 2. The third kappa shape index (κ3) is 6.02. The van der Waals surface area contributed by atoms with Crippen molar-refractivity contribution in [1.82, 2.24) is 10.2 Å². The summed E-state index contributed by atoms with van der Waals surface area (Å²) in [4.78, 5) is 26.9. The Morgan fingerprint density at radius 2 is 1.50 bits per heavy atom. The lowest BCUT2D eigenvalue weighted by atomic mass is 10.1. The molecule has 4 nitrogen and oxygen atoms in total. The molecule has 0 unspecified atom stereocenters. The van der Waals surface area contributed by atoms with Crippen LogP contribution < -0.4 is 5.32 Å². The van der Waals surface area contributed by atoms with Crippen LogP contribution in [0.2, 0.25) is 20.1 Å². The molecule has 0 bridgehead atoms. The zero-order valence-corrected chi connectivity index (χ0v) is 18.5. The normalized spacial score (nSPS) is 11.8.